The SMILES string of the molecule is CCCCCCCCCCOc1cc(COc2cc(OCc3cc(CCCc4cn(CC5C=CC=C5)nn4)cc(OCC(=O)OC(C)(C)C)c3)cc(-c3c(OCCCCCCCCCC)cc(CO)cc3OCC(=O)OC(C)(C)C)c2)cc(OCC(=O)OC(C)(C)C)c1. The number of carbonyl (C=O) groups is 3. The number of benzene rings is 4. The van der Waals surface area contributed by atoms with Crippen molar-refractivity contribution in [3.05, 3.63) is 125 Å². The number of nitrogens with zero attached hydrogens (tertiary/aromatic N) is 3. The topological polar surface area (TPSA) is 194 Å². The van der Waals surface area contributed by atoms with Crippen molar-refractivity contribution in [2.45, 2.75) is 241 Å². The predicted octanol–water partition coefficient (Wildman–Crippen LogP) is 16.7. The largest absolute Gasteiger partial charge is 0.493 e. The second-order valence-electron chi connectivity index (χ2n) is 27.2. The summed E-state index contributed by atoms with van der Waals surface area (Å²) >= 11 is 0. The van der Waals surface area contributed by atoms with Crippen LogP contribution in [0.1, 0.15) is 213 Å². The molecule has 17 nitrogen and oxygen atoms in total. The Morgan fingerprint density at radius 3 is 1.39 bits per heavy atom. The van der Waals surface area contributed by atoms with Crippen LogP contribution >= 0.6 is 0 Å². The van der Waals surface area contributed by atoms with Gasteiger partial charge in [-0.3, -0.25) is 4.68 Å². The van der Waals surface area contributed by atoms with Gasteiger partial charge in [-0.05, 0) is 171 Å². The van der Waals surface area contributed by atoms with Crippen LogP contribution in [-0.2, 0) is 67.8 Å². The number of aromatic nitrogens is 3. The van der Waals surface area contributed by atoms with Crippen LogP contribution in [-0.4, -0.2) is 87.8 Å². The summed E-state index contributed by atoms with van der Waals surface area (Å²) < 4.78 is 64.0. The third-order valence-corrected chi connectivity index (χ3v) is 14.8. The van der Waals surface area contributed by atoms with Crippen molar-refractivity contribution in [1.82, 2.24) is 15.0 Å². The van der Waals surface area contributed by atoms with Gasteiger partial charge in [0.15, 0.2) is 19.8 Å². The van der Waals surface area contributed by atoms with E-state index in [1.807, 2.05) is 101 Å². The molecule has 1 N–H and O–H groups in total. The third-order valence-electron chi connectivity index (χ3n) is 14.8. The number of allylic oxidation sites excluding steroid dienone is 4. The summed E-state index contributed by atoms with van der Waals surface area (Å²) in [7, 11) is 0. The van der Waals surface area contributed by atoms with Gasteiger partial charge in [-0.1, -0.05) is 139 Å². The average molecular weight is 1290 g/mol. The van der Waals surface area contributed by atoms with Gasteiger partial charge in [0.2, 0.25) is 0 Å². The molecule has 4 aromatic carbocycles. The predicted molar refractivity (Wildman–Crippen MR) is 363 cm³/mol. The Hall–Kier alpha value is -7.53. The Morgan fingerprint density at radius 1 is 0.452 bits per heavy atom. The molecule has 6 rings (SSSR count). The molecule has 1 heterocycles. The molecular formula is C76H107N3O14. The number of carbonyl (C=O) groups excluding carboxylic acids is 3. The van der Waals surface area contributed by atoms with Gasteiger partial charge in [0.1, 0.15) is 70.3 Å². The van der Waals surface area contributed by atoms with Crippen LogP contribution in [0.5, 0.6) is 40.2 Å². The highest BCUT2D eigenvalue weighted by atomic mass is 16.6. The van der Waals surface area contributed by atoms with Crippen molar-refractivity contribution in [2.75, 3.05) is 33.0 Å². The normalized spacial score (nSPS) is 12.4. The molecule has 0 fully saturated rings. The van der Waals surface area contributed by atoms with E-state index in [4.69, 9.17) is 47.4 Å². The first kappa shape index (κ1) is 74.5. The van der Waals surface area contributed by atoms with Gasteiger partial charge in [-0.15, -0.1) is 5.10 Å². The standard InChI is InChI=1S/C76H107N3O14/c1-12-14-16-18-20-22-24-28-35-84-64-40-60(41-65(46-64)89-54-71(82)92-75(6,7)8)52-87-67-45-61(73-68(85-36-29-25-23-21-19-17-15-13-2)42-58(50-80)43-69(73)90-55-72(83)93-76(9,10)11)44-66(47-67)86-51-59-37-57(38-63(39-59)88-53-70(81)91-74(3,4)5)33-30-34-62-49-79(78-77-62)48-56-31-26-27-32-56/h26-27,31-32,37-47,49,56,80H,12-25,28-30,33-36,48,50-55H2,1-11H3. The van der Waals surface area contributed by atoms with Crippen LogP contribution < -0.4 is 33.2 Å². The Morgan fingerprint density at radius 2 is 0.882 bits per heavy atom. The zero-order valence-electron chi connectivity index (χ0n) is 57.7. The van der Waals surface area contributed by atoms with Crippen LogP contribution in [0.4, 0.5) is 0 Å². The maximum atomic E-state index is 13.3. The zero-order valence-corrected chi connectivity index (χ0v) is 57.7. The minimum Gasteiger partial charge on any atom is -0.493 e. The van der Waals surface area contributed by atoms with Gasteiger partial charge >= 0.3 is 17.9 Å². The van der Waals surface area contributed by atoms with Gasteiger partial charge in [0.25, 0.3) is 0 Å². The Kier molecular flexibility index (Phi) is 30.9. The van der Waals surface area contributed by atoms with Crippen molar-refractivity contribution < 1.29 is 66.9 Å². The molecule has 1 aromatic heterocycles. The Bertz CT molecular complexity index is 3130. The number of aryl methyl sites for hydroxylation is 2. The van der Waals surface area contributed by atoms with E-state index in [9.17, 15) is 19.5 Å². The van der Waals surface area contributed by atoms with E-state index in [0.717, 1.165) is 74.7 Å². The van der Waals surface area contributed by atoms with E-state index >= 15 is 0 Å². The number of aliphatic hydroxyl groups is 1. The summed E-state index contributed by atoms with van der Waals surface area (Å²) in [4.78, 5) is 39.2. The van der Waals surface area contributed by atoms with Crippen molar-refractivity contribution in [3.63, 3.8) is 0 Å². The summed E-state index contributed by atoms with van der Waals surface area (Å²) in [5.74, 6) is 1.72. The first-order valence-electron chi connectivity index (χ1n) is 34.0. The lowest BCUT2D eigenvalue weighted by molar-refractivity contribution is -0.158. The molecule has 5 aromatic rings. The second kappa shape index (κ2) is 38.6. The molecule has 0 saturated heterocycles. The molecule has 1 aliphatic carbocycles. The average Bonchev–Trinajstić information content (AvgIpc) is 1.25. The van der Waals surface area contributed by atoms with Gasteiger partial charge in [-0.2, -0.15) is 0 Å². The monoisotopic (exact) mass is 1290 g/mol. The summed E-state index contributed by atoms with van der Waals surface area (Å²) in [6.07, 6.45) is 30.7. The van der Waals surface area contributed by atoms with E-state index in [1.54, 1.807) is 45.0 Å². The number of hydrogen-bond donors (Lipinski definition) is 1. The van der Waals surface area contributed by atoms with E-state index in [-0.39, 0.29) is 44.7 Å². The molecule has 0 radical (unpaired) electrons. The van der Waals surface area contributed by atoms with E-state index in [2.05, 4.69) is 42.4 Å². The lowest BCUT2D eigenvalue weighted by Gasteiger charge is -2.22. The minimum absolute atomic E-state index is 0.0415. The van der Waals surface area contributed by atoms with Crippen LogP contribution in [0, 0.1) is 5.92 Å². The highest BCUT2D eigenvalue weighted by Crippen LogP contribution is 2.44. The molecule has 0 aliphatic heterocycles. The Balaban J connectivity index is 1.36. The molecule has 0 unspecified atom stereocenters. The van der Waals surface area contributed by atoms with Crippen molar-refractivity contribution >= 4 is 17.9 Å². The molecule has 0 bridgehead atoms. The molecule has 0 saturated carbocycles. The summed E-state index contributed by atoms with van der Waals surface area (Å²) in [5, 5.41) is 19.5. The highest BCUT2D eigenvalue weighted by Gasteiger charge is 2.24. The number of ether oxygens (including phenoxy) is 10. The van der Waals surface area contributed by atoms with Gasteiger partial charge < -0.3 is 52.5 Å². The lowest BCUT2D eigenvalue weighted by atomic mass is 10.00. The van der Waals surface area contributed by atoms with Crippen molar-refractivity contribution in [2.24, 2.45) is 5.92 Å². The molecule has 510 valence electrons. The molecular weight excluding hydrogens is 1180 g/mol. The lowest BCUT2D eigenvalue weighted by Crippen LogP contribution is -2.27. The zero-order chi connectivity index (χ0) is 67.1. The fraction of sp³-hybridized carbons (Fsp3) is 0.566. The number of unbranched alkanes of at least 4 members (excludes halogenated alkanes) is 14. The summed E-state index contributed by atoms with van der Waals surface area (Å²) in [6.45, 7) is 21.1. The molecule has 93 heavy (non-hydrogen) atoms. The number of esters is 3. The van der Waals surface area contributed by atoms with Crippen LogP contribution in [0.3, 0.4) is 0 Å². The molecule has 0 atom stereocenters. The quantitative estimate of drug-likeness (QED) is 0.0220. The molecule has 17 heteroatoms. The first-order valence-corrected chi connectivity index (χ1v) is 34.0. The van der Waals surface area contributed by atoms with E-state index in [1.165, 1.54) is 57.8 Å². The van der Waals surface area contributed by atoms with Crippen molar-refractivity contribution in [3.8, 4) is 51.4 Å². The smallest absolute Gasteiger partial charge is 0.344 e. The maximum Gasteiger partial charge on any atom is 0.344 e. The van der Waals surface area contributed by atoms with Gasteiger partial charge in [-0.25, -0.2) is 14.4 Å². The number of aliphatic hydroxyl groups excluding tert-OH is 1. The second-order valence-corrected chi connectivity index (χ2v) is 27.2. The first-order chi connectivity index (χ1) is 44.5. The van der Waals surface area contributed by atoms with E-state index < -0.39 is 41.3 Å². The molecule has 1 aliphatic rings. The van der Waals surface area contributed by atoms with Crippen LogP contribution in [0.15, 0.2) is 97.2 Å². The van der Waals surface area contributed by atoms with Gasteiger partial charge in [0.05, 0.1) is 37.6 Å². The number of rotatable bonds is 43. The maximum absolute atomic E-state index is 13.3. The third kappa shape index (κ3) is 30.0. The van der Waals surface area contributed by atoms with Crippen molar-refractivity contribution in [1.29, 1.82) is 0 Å². The summed E-state index contributed by atoms with van der Waals surface area (Å²) in [6, 6.07) is 20.4. The minimum atomic E-state index is -0.764. The fourth-order valence-corrected chi connectivity index (χ4v) is 10.6. The number of hydrogen-bond acceptors (Lipinski definition) is 16. The molecule has 0 amide bonds. The Labute approximate surface area is 554 Å². The van der Waals surface area contributed by atoms with Crippen LogP contribution in [0.25, 0.3) is 11.1 Å². The van der Waals surface area contributed by atoms with E-state index in [0.29, 0.717) is 82.8 Å². The highest BCUT2D eigenvalue weighted by molar-refractivity contribution is 5.80. The van der Waals surface area contributed by atoms with Crippen LogP contribution in [0.2, 0.25) is 0 Å². The summed E-state index contributed by atoms with van der Waals surface area (Å²) in [5.41, 5.74) is 2.80. The van der Waals surface area contributed by atoms with Gasteiger partial charge in [0, 0.05) is 24.2 Å². The fourth-order valence-electron chi connectivity index (χ4n) is 10.6. The molecule has 0 spiro atoms.